The molecule has 19 heavy (non-hydrogen) atoms. The van der Waals surface area contributed by atoms with Crippen LogP contribution in [0.4, 0.5) is 0 Å². The number of benzene rings is 1. The molecule has 6 heteroatoms. The van der Waals surface area contributed by atoms with Gasteiger partial charge in [-0.2, -0.15) is 5.26 Å². The van der Waals surface area contributed by atoms with Crippen molar-refractivity contribution >= 4 is 11.6 Å². The third-order valence-electron chi connectivity index (χ3n) is 2.66. The fraction of sp³-hybridized carbons (Fsp3) is 0.308. The molecular weight excluding hydrogens is 262 g/mol. The third kappa shape index (κ3) is 3.11. The molecular formula is C13H14ClN5. The number of aromatic nitrogens is 3. The average molecular weight is 276 g/mol. The molecule has 0 bridgehead atoms. The lowest BCUT2D eigenvalue weighted by Gasteiger charge is -2.11. The molecule has 1 N–H and O–H groups in total. The zero-order valence-electron chi connectivity index (χ0n) is 10.6. The molecule has 1 heterocycles. The molecule has 0 unspecified atom stereocenters. The number of nitriles is 1. The van der Waals surface area contributed by atoms with E-state index in [4.69, 9.17) is 16.9 Å². The Balaban J connectivity index is 2.34. The van der Waals surface area contributed by atoms with Crippen molar-refractivity contribution in [3.05, 3.63) is 40.9 Å². The van der Waals surface area contributed by atoms with Gasteiger partial charge in [-0.3, -0.25) is 0 Å². The van der Waals surface area contributed by atoms with Crippen molar-refractivity contribution in [3.63, 3.8) is 0 Å². The SMILES string of the molecule is CCCNCc1c(Cl)cccc1-n1cnc(C#N)n1. The maximum absolute atomic E-state index is 8.77. The van der Waals surface area contributed by atoms with Gasteiger partial charge in [-0.1, -0.05) is 24.6 Å². The van der Waals surface area contributed by atoms with Gasteiger partial charge >= 0.3 is 0 Å². The van der Waals surface area contributed by atoms with E-state index >= 15 is 0 Å². The summed E-state index contributed by atoms with van der Waals surface area (Å²) in [6.45, 7) is 3.69. The lowest BCUT2D eigenvalue weighted by atomic mass is 10.1. The quantitative estimate of drug-likeness (QED) is 0.850. The van der Waals surface area contributed by atoms with E-state index in [0.29, 0.717) is 11.6 Å². The van der Waals surface area contributed by atoms with Gasteiger partial charge in [0.05, 0.1) is 5.69 Å². The number of hydrogen-bond acceptors (Lipinski definition) is 4. The number of hydrogen-bond donors (Lipinski definition) is 1. The van der Waals surface area contributed by atoms with E-state index in [9.17, 15) is 0 Å². The normalized spacial score (nSPS) is 10.4. The van der Waals surface area contributed by atoms with E-state index in [-0.39, 0.29) is 5.82 Å². The molecule has 0 radical (unpaired) electrons. The number of rotatable bonds is 5. The van der Waals surface area contributed by atoms with E-state index in [0.717, 1.165) is 24.2 Å². The minimum Gasteiger partial charge on any atom is -0.313 e. The molecule has 98 valence electrons. The highest BCUT2D eigenvalue weighted by molar-refractivity contribution is 6.31. The van der Waals surface area contributed by atoms with Crippen LogP contribution in [0.1, 0.15) is 24.7 Å². The molecule has 5 nitrogen and oxygen atoms in total. The second kappa shape index (κ2) is 6.32. The van der Waals surface area contributed by atoms with Crippen LogP contribution in [0.3, 0.4) is 0 Å². The van der Waals surface area contributed by atoms with Crippen molar-refractivity contribution in [1.82, 2.24) is 20.1 Å². The topological polar surface area (TPSA) is 66.5 Å². The Morgan fingerprint density at radius 1 is 1.47 bits per heavy atom. The minimum atomic E-state index is 0.146. The molecule has 2 rings (SSSR count). The van der Waals surface area contributed by atoms with Crippen LogP contribution in [0.25, 0.3) is 5.69 Å². The molecule has 0 atom stereocenters. The zero-order chi connectivity index (χ0) is 13.7. The molecule has 1 aromatic carbocycles. The second-order valence-electron chi connectivity index (χ2n) is 4.04. The third-order valence-corrected chi connectivity index (χ3v) is 3.02. The predicted molar refractivity (Wildman–Crippen MR) is 73.1 cm³/mol. The lowest BCUT2D eigenvalue weighted by Crippen LogP contribution is -2.16. The number of nitrogens with one attached hydrogen (secondary N) is 1. The number of halogens is 1. The monoisotopic (exact) mass is 275 g/mol. The van der Waals surface area contributed by atoms with Crippen LogP contribution >= 0.6 is 11.6 Å². The molecule has 0 aliphatic rings. The molecule has 0 fully saturated rings. The Kier molecular flexibility index (Phi) is 4.50. The van der Waals surface area contributed by atoms with Gasteiger partial charge in [0, 0.05) is 17.1 Å². The van der Waals surface area contributed by atoms with E-state index in [1.54, 1.807) is 4.68 Å². The van der Waals surface area contributed by atoms with Gasteiger partial charge in [0.25, 0.3) is 5.82 Å². The largest absolute Gasteiger partial charge is 0.313 e. The Hall–Kier alpha value is -1.90. The zero-order valence-corrected chi connectivity index (χ0v) is 11.4. The smallest absolute Gasteiger partial charge is 0.252 e. The average Bonchev–Trinajstić information content (AvgIpc) is 2.89. The fourth-order valence-corrected chi connectivity index (χ4v) is 1.99. The second-order valence-corrected chi connectivity index (χ2v) is 4.45. The summed E-state index contributed by atoms with van der Waals surface area (Å²) in [5, 5.41) is 16.8. The predicted octanol–water partition coefficient (Wildman–Crippen LogP) is 2.29. The molecule has 0 saturated heterocycles. The van der Waals surface area contributed by atoms with Crippen molar-refractivity contribution in [2.45, 2.75) is 19.9 Å². The van der Waals surface area contributed by atoms with Gasteiger partial charge in [0.2, 0.25) is 0 Å². The molecule has 0 aliphatic heterocycles. The summed E-state index contributed by atoms with van der Waals surface area (Å²) in [7, 11) is 0. The molecule has 0 aliphatic carbocycles. The molecule has 0 spiro atoms. The summed E-state index contributed by atoms with van der Waals surface area (Å²) in [5.41, 5.74) is 1.79. The van der Waals surface area contributed by atoms with Gasteiger partial charge in [0.15, 0.2) is 0 Å². The Bertz CT molecular complexity index is 599. The van der Waals surface area contributed by atoms with Gasteiger partial charge in [-0.25, -0.2) is 9.67 Å². The summed E-state index contributed by atoms with van der Waals surface area (Å²) in [5.74, 6) is 0.146. The standard InChI is InChI=1S/C13H14ClN5/c1-2-6-16-8-10-11(14)4-3-5-12(10)19-9-17-13(7-15)18-19/h3-5,9,16H,2,6,8H2,1H3. The van der Waals surface area contributed by atoms with E-state index < -0.39 is 0 Å². The summed E-state index contributed by atoms with van der Waals surface area (Å²) in [4.78, 5) is 3.91. The van der Waals surface area contributed by atoms with Crippen LogP contribution in [-0.4, -0.2) is 21.3 Å². The van der Waals surface area contributed by atoms with Gasteiger partial charge < -0.3 is 5.32 Å². The van der Waals surface area contributed by atoms with Crippen molar-refractivity contribution < 1.29 is 0 Å². The first-order valence-corrected chi connectivity index (χ1v) is 6.44. The first kappa shape index (κ1) is 13.5. The molecule has 1 aromatic heterocycles. The molecule has 0 saturated carbocycles. The van der Waals surface area contributed by atoms with Gasteiger partial charge in [-0.15, -0.1) is 5.10 Å². The van der Waals surface area contributed by atoms with Crippen LogP contribution in [0.15, 0.2) is 24.5 Å². The van der Waals surface area contributed by atoms with Crippen molar-refractivity contribution in [3.8, 4) is 11.8 Å². The maximum atomic E-state index is 8.77. The van der Waals surface area contributed by atoms with Gasteiger partial charge in [0.1, 0.15) is 12.4 Å². The minimum absolute atomic E-state index is 0.146. The summed E-state index contributed by atoms with van der Waals surface area (Å²) in [6.07, 6.45) is 2.58. The summed E-state index contributed by atoms with van der Waals surface area (Å²) in [6, 6.07) is 7.52. The van der Waals surface area contributed by atoms with Crippen LogP contribution < -0.4 is 5.32 Å². The van der Waals surface area contributed by atoms with Gasteiger partial charge in [-0.05, 0) is 25.1 Å². The molecule has 0 amide bonds. The van der Waals surface area contributed by atoms with Crippen molar-refractivity contribution in [2.75, 3.05) is 6.54 Å². The maximum Gasteiger partial charge on any atom is 0.252 e. The fourth-order valence-electron chi connectivity index (χ4n) is 1.76. The molecule has 2 aromatic rings. The summed E-state index contributed by atoms with van der Waals surface area (Å²) < 4.78 is 1.58. The highest BCUT2D eigenvalue weighted by Crippen LogP contribution is 2.22. The van der Waals surface area contributed by atoms with Crippen LogP contribution in [-0.2, 0) is 6.54 Å². The Morgan fingerprint density at radius 3 is 3.00 bits per heavy atom. The van der Waals surface area contributed by atoms with Crippen molar-refractivity contribution in [1.29, 1.82) is 5.26 Å². The van der Waals surface area contributed by atoms with Crippen LogP contribution in [0, 0.1) is 11.3 Å². The van der Waals surface area contributed by atoms with Crippen molar-refractivity contribution in [2.24, 2.45) is 0 Å². The lowest BCUT2D eigenvalue weighted by molar-refractivity contribution is 0.670. The first-order chi connectivity index (χ1) is 9.26. The highest BCUT2D eigenvalue weighted by Gasteiger charge is 2.10. The Morgan fingerprint density at radius 2 is 2.32 bits per heavy atom. The number of nitrogens with zero attached hydrogens (tertiary/aromatic N) is 4. The van der Waals surface area contributed by atoms with E-state index in [1.165, 1.54) is 6.33 Å². The van der Waals surface area contributed by atoms with Crippen LogP contribution in [0.5, 0.6) is 0 Å². The Labute approximate surface area is 116 Å². The first-order valence-electron chi connectivity index (χ1n) is 6.06. The van der Waals surface area contributed by atoms with Crippen LogP contribution in [0.2, 0.25) is 5.02 Å². The summed E-state index contributed by atoms with van der Waals surface area (Å²) >= 11 is 6.23. The van der Waals surface area contributed by atoms with E-state index in [1.807, 2.05) is 24.3 Å². The van der Waals surface area contributed by atoms with E-state index in [2.05, 4.69) is 22.3 Å². The highest BCUT2D eigenvalue weighted by atomic mass is 35.5.